The molecule has 2 rings (SSSR count). The molecule has 1 aliphatic rings. The number of amides is 1. The van der Waals surface area contributed by atoms with Crippen molar-refractivity contribution in [1.82, 2.24) is 5.32 Å². The highest BCUT2D eigenvalue weighted by atomic mass is 79.9. The van der Waals surface area contributed by atoms with Crippen molar-refractivity contribution in [1.29, 1.82) is 0 Å². The van der Waals surface area contributed by atoms with E-state index in [0.717, 1.165) is 35.0 Å². The first-order valence-electron chi connectivity index (χ1n) is 7.11. The van der Waals surface area contributed by atoms with Crippen LogP contribution in [0.3, 0.4) is 0 Å². The molecule has 0 bridgehead atoms. The molecule has 0 spiro atoms. The second-order valence-electron chi connectivity index (χ2n) is 6.41. The van der Waals surface area contributed by atoms with Crippen LogP contribution in [0.15, 0.2) is 22.7 Å². The number of hydrogen-bond donors (Lipinski definition) is 1. The van der Waals surface area contributed by atoms with Gasteiger partial charge in [0.25, 0.3) is 0 Å². The van der Waals surface area contributed by atoms with Crippen molar-refractivity contribution >= 4 is 22.0 Å². The second kappa shape index (κ2) is 5.87. The van der Waals surface area contributed by atoms with Gasteiger partial charge in [0.05, 0.1) is 17.1 Å². The number of ether oxygens (including phenoxy) is 2. The molecule has 0 aliphatic heterocycles. The SMILES string of the molecule is COc1cc(C2(NC(=O)OC(C)(C)C)CCC2)ccc1Br. The van der Waals surface area contributed by atoms with Crippen molar-refractivity contribution in [3.8, 4) is 5.75 Å². The Balaban J connectivity index is 2.20. The largest absolute Gasteiger partial charge is 0.496 e. The molecule has 1 aromatic carbocycles. The summed E-state index contributed by atoms with van der Waals surface area (Å²) < 4.78 is 11.6. The Morgan fingerprint density at radius 1 is 1.33 bits per heavy atom. The number of halogens is 1. The van der Waals surface area contributed by atoms with Gasteiger partial charge in [-0.15, -0.1) is 0 Å². The van der Waals surface area contributed by atoms with Crippen LogP contribution in [0.2, 0.25) is 0 Å². The Morgan fingerprint density at radius 2 is 2.00 bits per heavy atom. The van der Waals surface area contributed by atoms with Crippen molar-refractivity contribution in [2.24, 2.45) is 0 Å². The third-order valence-corrected chi connectivity index (χ3v) is 4.31. The number of hydrogen-bond acceptors (Lipinski definition) is 3. The third kappa shape index (κ3) is 3.70. The molecule has 1 saturated carbocycles. The van der Waals surface area contributed by atoms with Crippen molar-refractivity contribution in [3.63, 3.8) is 0 Å². The Labute approximate surface area is 134 Å². The number of nitrogens with one attached hydrogen (secondary N) is 1. The molecule has 21 heavy (non-hydrogen) atoms. The van der Waals surface area contributed by atoms with E-state index in [1.165, 1.54) is 0 Å². The average Bonchev–Trinajstić information content (AvgIpc) is 2.32. The summed E-state index contributed by atoms with van der Waals surface area (Å²) in [5.41, 5.74) is 0.225. The lowest BCUT2D eigenvalue weighted by Crippen LogP contribution is -2.52. The molecule has 0 saturated heterocycles. The summed E-state index contributed by atoms with van der Waals surface area (Å²) in [6.07, 6.45) is 2.55. The predicted octanol–water partition coefficient (Wildman–Crippen LogP) is 4.36. The Bertz CT molecular complexity index is 533. The number of benzene rings is 1. The monoisotopic (exact) mass is 355 g/mol. The summed E-state index contributed by atoms with van der Waals surface area (Å²) >= 11 is 3.45. The molecule has 1 amide bonds. The van der Waals surface area contributed by atoms with Gasteiger partial charge < -0.3 is 14.8 Å². The summed E-state index contributed by atoms with van der Waals surface area (Å²) in [5.74, 6) is 0.768. The van der Waals surface area contributed by atoms with Gasteiger partial charge in [0, 0.05) is 0 Å². The number of methoxy groups -OCH3 is 1. The maximum absolute atomic E-state index is 12.1. The average molecular weight is 356 g/mol. The zero-order valence-electron chi connectivity index (χ0n) is 13.0. The molecule has 1 fully saturated rings. The predicted molar refractivity (Wildman–Crippen MR) is 85.6 cm³/mol. The van der Waals surface area contributed by atoms with Gasteiger partial charge in [-0.05, 0) is 73.7 Å². The molecule has 0 atom stereocenters. The first-order valence-corrected chi connectivity index (χ1v) is 7.90. The van der Waals surface area contributed by atoms with Crippen LogP contribution in [0.4, 0.5) is 4.79 Å². The van der Waals surface area contributed by atoms with Crippen LogP contribution in [0.25, 0.3) is 0 Å². The molecule has 0 heterocycles. The lowest BCUT2D eigenvalue weighted by Gasteiger charge is -2.43. The molecule has 0 aromatic heterocycles. The molecule has 5 heteroatoms. The summed E-state index contributed by atoms with van der Waals surface area (Å²) in [7, 11) is 1.64. The minimum atomic E-state index is -0.494. The summed E-state index contributed by atoms with van der Waals surface area (Å²) in [6.45, 7) is 5.59. The van der Waals surface area contributed by atoms with Gasteiger partial charge in [0.2, 0.25) is 0 Å². The molecule has 1 aromatic rings. The van der Waals surface area contributed by atoms with E-state index in [4.69, 9.17) is 9.47 Å². The van der Waals surface area contributed by atoms with Crippen LogP contribution < -0.4 is 10.1 Å². The normalized spacial score (nSPS) is 16.8. The van der Waals surface area contributed by atoms with Gasteiger partial charge in [-0.25, -0.2) is 4.79 Å². The van der Waals surface area contributed by atoms with E-state index in [0.29, 0.717) is 0 Å². The van der Waals surface area contributed by atoms with E-state index >= 15 is 0 Å². The van der Waals surface area contributed by atoms with Crippen LogP contribution >= 0.6 is 15.9 Å². The number of rotatable bonds is 3. The summed E-state index contributed by atoms with van der Waals surface area (Å²) in [4.78, 5) is 12.1. The topological polar surface area (TPSA) is 47.6 Å². The molecule has 116 valence electrons. The minimum absolute atomic E-state index is 0.337. The van der Waals surface area contributed by atoms with E-state index in [9.17, 15) is 4.79 Å². The van der Waals surface area contributed by atoms with Gasteiger partial charge >= 0.3 is 6.09 Å². The molecule has 1 N–H and O–H groups in total. The van der Waals surface area contributed by atoms with Crippen LogP contribution in [-0.2, 0) is 10.3 Å². The number of carbonyl (C=O) groups excluding carboxylic acids is 1. The molecule has 1 aliphatic carbocycles. The maximum Gasteiger partial charge on any atom is 0.408 e. The lowest BCUT2D eigenvalue weighted by atomic mass is 9.72. The van der Waals surface area contributed by atoms with Crippen molar-refractivity contribution < 1.29 is 14.3 Å². The maximum atomic E-state index is 12.1. The van der Waals surface area contributed by atoms with E-state index < -0.39 is 5.60 Å². The Morgan fingerprint density at radius 3 is 2.48 bits per heavy atom. The van der Waals surface area contributed by atoms with Gasteiger partial charge in [-0.2, -0.15) is 0 Å². The van der Waals surface area contributed by atoms with E-state index in [2.05, 4.69) is 21.2 Å². The first-order chi connectivity index (χ1) is 9.76. The lowest BCUT2D eigenvalue weighted by molar-refractivity contribution is 0.0377. The van der Waals surface area contributed by atoms with Gasteiger partial charge in [0.15, 0.2) is 0 Å². The highest BCUT2D eigenvalue weighted by molar-refractivity contribution is 9.10. The zero-order valence-corrected chi connectivity index (χ0v) is 14.5. The fourth-order valence-electron chi connectivity index (χ4n) is 2.47. The number of alkyl carbamates (subject to hydrolysis) is 1. The van der Waals surface area contributed by atoms with Gasteiger partial charge in [-0.3, -0.25) is 0 Å². The summed E-state index contributed by atoms with van der Waals surface area (Å²) in [6, 6.07) is 5.94. The summed E-state index contributed by atoms with van der Waals surface area (Å²) in [5, 5.41) is 3.04. The van der Waals surface area contributed by atoms with Crippen LogP contribution in [0, 0.1) is 0 Å². The quantitative estimate of drug-likeness (QED) is 0.875. The van der Waals surface area contributed by atoms with Crippen LogP contribution in [0.1, 0.15) is 45.6 Å². The van der Waals surface area contributed by atoms with Crippen molar-refractivity contribution in [2.45, 2.75) is 51.2 Å². The number of carbonyl (C=O) groups is 1. The fourth-order valence-corrected chi connectivity index (χ4v) is 2.88. The van der Waals surface area contributed by atoms with Gasteiger partial charge in [0.1, 0.15) is 11.4 Å². The van der Waals surface area contributed by atoms with E-state index in [1.807, 2.05) is 39.0 Å². The van der Waals surface area contributed by atoms with Crippen LogP contribution in [-0.4, -0.2) is 18.8 Å². The Hall–Kier alpha value is -1.23. The second-order valence-corrected chi connectivity index (χ2v) is 7.27. The van der Waals surface area contributed by atoms with Crippen molar-refractivity contribution in [3.05, 3.63) is 28.2 Å². The standard InChI is InChI=1S/C16H22BrNO3/c1-15(2,3)21-14(19)18-16(8-5-9-16)11-6-7-12(17)13(10-11)20-4/h6-7,10H,5,8-9H2,1-4H3,(H,18,19). The van der Waals surface area contributed by atoms with Gasteiger partial charge in [-0.1, -0.05) is 6.07 Å². The highest BCUT2D eigenvalue weighted by Crippen LogP contribution is 2.43. The highest BCUT2D eigenvalue weighted by Gasteiger charge is 2.41. The van der Waals surface area contributed by atoms with E-state index in [1.54, 1.807) is 7.11 Å². The Kier molecular flexibility index (Phi) is 4.51. The third-order valence-electron chi connectivity index (χ3n) is 3.65. The fraction of sp³-hybridized carbons (Fsp3) is 0.562. The van der Waals surface area contributed by atoms with Crippen molar-refractivity contribution in [2.75, 3.05) is 7.11 Å². The molecule has 4 nitrogen and oxygen atoms in total. The molecular weight excluding hydrogens is 334 g/mol. The zero-order chi connectivity index (χ0) is 15.7. The van der Waals surface area contributed by atoms with E-state index in [-0.39, 0.29) is 11.6 Å². The minimum Gasteiger partial charge on any atom is -0.496 e. The molecular formula is C16H22BrNO3. The first kappa shape index (κ1) is 16.1. The molecule has 0 radical (unpaired) electrons. The van der Waals surface area contributed by atoms with Crippen LogP contribution in [0.5, 0.6) is 5.75 Å². The smallest absolute Gasteiger partial charge is 0.408 e. The molecule has 0 unspecified atom stereocenters.